The fourth-order valence-corrected chi connectivity index (χ4v) is 1.34. The maximum Gasteiger partial charge on any atom is 0.405 e. The lowest BCUT2D eigenvalue weighted by atomic mass is 10.3. The molecule has 1 rings (SSSR count). The topological polar surface area (TPSA) is 28.2 Å². The maximum atomic E-state index is 12.2. The smallest absolute Gasteiger partial charge is 0.366 e. The van der Waals surface area contributed by atoms with Crippen molar-refractivity contribution in [3.05, 3.63) is 24.0 Å². The van der Waals surface area contributed by atoms with Crippen LogP contribution in [0.4, 0.5) is 18.9 Å². The second kappa shape index (κ2) is 5.16. The molecule has 16 heavy (non-hydrogen) atoms. The Morgan fingerprint density at radius 2 is 2.12 bits per heavy atom. The molecular formula is C10H14F3N3. The minimum absolute atomic E-state index is 0.512. The summed E-state index contributed by atoms with van der Waals surface area (Å²) in [6.07, 6.45) is -2.68. The predicted octanol–water partition coefficient (Wildman–Crippen LogP) is 1.80. The Hall–Kier alpha value is -1.30. The largest absolute Gasteiger partial charge is 0.405 e. The quantitative estimate of drug-likeness (QED) is 0.859. The zero-order valence-electron chi connectivity index (χ0n) is 9.17. The van der Waals surface area contributed by atoms with Gasteiger partial charge >= 0.3 is 6.18 Å². The number of nitrogens with one attached hydrogen (secondary N) is 1. The lowest BCUT2D eigenvalue weighted by Gasteiger charge is -2.21. The number of halogens is 3. The molecule has 0 spiro atoms. The van der Waals surface area contributed by atoms with Crippen LogP contribution < -0.4 is 10.2 Å². The van der Waals surface area contributed by atoms with Crippen molar-refractivity contribution in [2.24, 2.45) is 0 Å². The summed E-state index contributed by atoms with van der Waals surface area (Å²) >= 11 is 0. The zero-order chi connectivity index (χ0) is 12.2. The van der Waals surface area contributed by atoms with Crippen LogP contribution in [0.5, 0.6) is 0 Å². The molecule has 0 aliphatic rings. The van der Waals surface area contributed by atoms with Gasteiger partial charge in [-0.05, 0) is 19.2 Å². The number of pyridine rings is 1. The number of alkyl halides is 3. The highest BCUT2D eigenvalue weighted by Gasteiger charge is 2.29. The van der Waals surface area contributed by atoms with E-state index in [0.717, 1.165) is 4.90 Å². The van der Waals surface area contributed by atoms with Gasteiger partial charge in [0.2, 0.25) is 0 Å². The van der Waals surface area contributed by atoms with Gasteiger partial charge in [-0.2, -0.15) is 13.2 Å². The van der Waals surface area contributed by atoms with E-state index in [4.69, 9.17) is 0 Å². The van der Waals surface area contributed by atoms with Crippen LogP contribution in [-0.2, 0) is 6.54 Å². The third-order valence-corrected chi connectivity index (χ3v) is 2.02. The van der Waals surface area contributed by atoms with Crippen molar-refractivity contribution in [3.63, 3.8) is 0 Å². The van der Waals surface area contributed by atoms with Crippen molar-refractivity contribution in [2.45, 2.75) is 12.7 Å². The Balaban J connectivity index is 2.75. The predicted molar refractivity (Wildman–Crippen MR) is 56.3 cm³/mol. The van der Waals surface area contributed by atoms with E-state index in [9.17, 15) is 13.2 Å². The lowest BCUT2D eigenvalue weighted by Crippen LogP contribution is -2.30. The van der Waals surface area contributed by atoms with Gasteiger partial charge < -0.3 is 10.2 Å². The SMILES string of the molecule is CNCc1cc(N(C)CC(F)(F)F)ccn1. The lowest BCUT2D eigenvalue weighted by molar-refractivity contribution is -0.119. The monoisotopic (exact) mass is 233 g/mol. The molecule has 0 amide bonds. The summed E-state index contributed by atoms with van der Waals surface area (Å²) in [5, 5.41) is 2.90. The van der Waals surface area contributed by atoms with E-state index in [1.54, 1.807) is 19.2 Å². The first-order valence-electron chi connectivity index (χ1n) is 4.80. The summed E-state index contributed by atoms with van der Waals surface area (Å²) in [5.41, 5.74) is 1.23. The summed E-state index contributed by atoms with van der Waals surface area (Å²) < 4.78 is 36.5. The molecule has 0 bridgehead atoms. The molecule has 0 aliphatic heterocycles. The third kappa shape index (κ3) is 4.06. The Kier molecular flexibility index (Phi) is 4.12. The fourth-order valence-electron chi connectivity index (χ4n) is 1.34. The minimum atomic E-state index is -4.19. The Labute approximate surface area is 92.3 Å². The van der Waals surface area contributed by atoms with E-state index in [1.807, 2.05) is 0 Å². The molecule has 0 aliphatic carbocycles. The molecule has 1 aromatic heterocycles. The van der Waals surface area contributed by atoms with E-state index in [2.05, 4.69) is 10.3 Å². The van der Waals surface area contributed by atoms with Gasteiger partial charge in [0, 0.05) is 25.5 Å². The molecule has 0 saturated carbocycles. The highest BCUT2D eigenvalue weighted by molar-refractivity contribution is 5.45. The average Bonchev–Trinajstić information content (AvgIpc) is 2.16. The first-order chi connectivity index (χ1) is 7.42. The molecule has 0 radical (unpaired) electrons. The molecule has 0 saturated heterocycles. The second-order valence-electron chi connectivity index (χ2n) is 3.51. The molecule has 0 fully saturated rings. The van der Waals surface area contributed by atoms with Crippen LogP contribution in [0.3, 0.4) is 0 Å². The molecule has 6 heteroatoms. The molecule has 1 heterocycles. The summed E-state index contributed by atoms with van der Waals surface area (Å²) in [5.74, 6) is 0. The van der Waals surface area contributed by atoms with Crippen molar-refractivity contribution < 1.29 is 13.2 Å². The van der Waals surface area contributed by atoms with Gasteiger partial charge in [0.05, 0.1) is 5.69 Å². The normalized spacial score (nSPS) is 11.6. The maximum absolute atomic E-state index is 12.2. The molecule has 0 unspecified atom stereocenters. The number of rotatable bonds is 4. The molecule has 1 N–H and O–H groups in total. The van der Waals surface area contributed by atoms with Gasteiger partial charge in [0.25, 0.3) is 0 Å². The summed E-state index contributed by atoms with van der Waals surface area (Å²) in [4.78, 5) is 5.19. The van der Waals surface area contributed by atoms with Crippen LogP contribution in [0, 0.1) is 0 Å². The Bertz CT molecular complexity index is 338. The molecular weight excluding hydrogens is 219 g/mol. The Morgan fingerprint density at radius 3 is 2.69 bits per heavy atom. The second-order valence-corrected chi connectivity index (χ2v) is 3.51. The van der Waals surface area contributed by atoms with Crippen LogP contribution >= 0.6 is 0 Å². The highest BCUT2D eigenvalue weighted by atomic mass is 19.4. The minimum Gasteiger partial charge on any atom is -0.366 e. The Morgan fingerprint density at radius 1 is 1.44 bits per heavy atom. The number of nitrogens with zero attached hydrogens (tertiary/aromatic N) is 2. The van der Waals surface area contributed by atoms with Crippen molar-refractivity contribution >= 4 is 5.69 Å². The molecule has 90 valence electrons. The van der Waals surface area contributed by atoms with E-state index in [-0.39, 0.29) is 0 Å². The van der Waals surface area contributed by atoms with Gasteiger partial charge in [-0.1, -0.05) is 0 Å². The van der Waals surface area contributed by atoms with Gasteiger partial charge in [-0.15, -0.1) is 0 Å². The summed E-state index contributed by atoms with van der Waals surface area (Å²) in [6, 6.07) is 3.20. The van der Waals surface area contributed by atoms with Crippen molar-refractivity contribution in [3.8, 4) is 0 Å². The number of hydrogen-bond donors (Lipinski definition) is 1. The van der Waals surface area contributed by atoms with Crippen molar-refractivity contribution in [2.75, 3.05) is 25.5 Å². The molecule has 0 aromatic carbocycles. The summed E-state index contributed by atoms with van der Waals surface area (Å²) in [7, 11) is 3.17. The van der Waals surface area contributed by atoms with Gasteiger partial charge in [-0.25, -0.2) is 0 Å². The van der Waals surface area contributed by atoms with Crippen molar-refractivity contribution in [1.82, 2.24) is 10.3 Å². The third-order valence-electron chi connectivity index (χ3n) is 2.02. The van der Waals surface area contributed by atoms with Crippen LogP contribution in [0.15, 0.2) is 18.3 Å². The van der Waals surface area contributed by atoms with Gasteiger partial charge in [-0.3, -0.25) is 4.98 Å². The average molecular weight is 233 g/mol. The summed E-state index contributed by atoms with van der Waals surface area (Å²) in [6.45, 7) is -0.427. The zero-order valence-corrected chi connectivity index (χ0v) is 9.17. The number of aromatic nitrogens is 1. The van der Waals surface area contributed by atoms with Gasteiger partial charge in [0.15, 0.2) is 0 Å². The van der Waals surface area contributed by atoms with Crippen LogP contribution in [0.25, 0.3) is 0 Å². The molecule has 1 aromatic rings. The number of hydrogen-bond acceptors (Lipinski definition) is 3. The van der Waals surface area contributed by atoms with Crippen LogP contribution in [0.1, 0.15) is 5.69 Å². The molecule has 3 nitrogen and oxygen atoms in total. The number of anilines is 1. The molecule has 0 atom stereocenters. The van der Waals surface area contributed by atoms with Gasteiger partial charge in [0.1, 0.15) is 6.54 Å². The van der Waals surface area contributed by atoms with E-state index >= 15 is 0 Å². The standard InChI is InChI=1S/C10H14F3N3/c1-14-6-8-5-9(3-4-15-8)16(2)7-10(11,12)13/h3-5,14H,6-7H2,1-2H3. The highest BCUT2D eigenvalue weighted by Crippen LogP contribution is 2.20. The van der Waals surface area contributed by atoms with Crippen LogP contribution in [0.2, 0.25) is 0 Å². The first kappa shape index (κ1) is 12.8. The van der Waals surface area contributed by atoms with E-state index in [1.165, 1.54) is 13.2 Å². The first-order valence-corrected chi connectivity index (χ1v) is 4.80. The van der Waals surface area contributed by atoms with E-state index in [0.29, 0.717) is 17.9 Å². The van der Waals surface area contributed by atoms with Crippen molar-refractivity contribution in [1.29, 1.82) is 0 Å². The van der Waals surface area contributed by atoms with Crippen LogP contribution in [-0.4, -0.2) is 31.8 Å². The fraction of sp³-hybridized carbons (Fsp3) is 0.500. The van der Waals surface area contributed by atoms with E-state index < -0.39 is 12.7 Å².